The molecule has 560 valence electrons. The van der Waals surface area contributed by atoms with Crippen molar-refractivity contribution in [3.05, 3.63) is 352 Å². The predicted octanol–water partition coefficient (Wildman–Crippen LogP) is 19.9. The number of para-hydroxylation sites is 2. The van der Waals surface area contributed by atoms with Crippen LogP contribution in [0.3, 0.4) is 0 Å². The Morgan fingerprint density at radius 1 is 0.195 bits per heavy atom. The fourth-order valence-corrected chi connectivity index (χ4v) is 13.6. The van der Waals surface area contributed by atoms with Gasteiger partial charge in [0.1, 0.15) is 28.9 Å². The van der Waals surface area contributed by atoms with E-state index in [1.54, 1.807) is 62.0 Å². The maximum absolute atomic E-state index is 4.80. The first-order chi connectivity index (χ1) is 58.1. The van der Waals surface area contributed by atoms with Crippen LogP contribution in [0.5, 0.6) is 0 Å². The number of nitrogens with zero attached hydrogens (tertiary/aromatic N) is 22. The first-order valence-corrected chi connectivity index (χ1v) is 37.9. The van der Waals surface area contributed by atoms with E-state index in [-0.39, 0.29) is 0 Å². The smallest absolute Gasteiger partial charge is 0.182 e. The van der Waals surface area contributed by atoms with Crippen LogP contribution in [0.25, 0.3) is 191 Å². The molecule has 21 rings (SSSR count). The number of aromatic nitrogens is 22. The fourth-order valence-electron chi connectivity index (χ4n) is 13.6. The first kappa shape index (κ1) is 73.1. The third-order valence-corrected chi connectivity index (χ3v) is 19.3. The quantitative estimate of drug-likeness (QED) is 0.109. The molecule has 0 N–H and O–H groups in total. The summed E-state index contributed by atoms with van der Waals surface area (Å²) in [7, 11) is 0. The maximum Gasteiger partial charge on any atom is 0.182 e. The minimum Gasteiger partial charge on any atom is -0.265 e. The van der Waals surface area contributed by atoms with Crippen LogP contribution in [0, 0.1) is 27.7 Å². The molecule has 14 aromatic heterocycles. The van der Waals surface area contributed by atoms with E-state index in [0.29, 0.717) is 81.3 Å². The lowest BCUT2D eigenvalue weighted by Gasteiger charge is -2.09. The Morgan fingerprint density at radius 2 is 0.551 bits per heavy atom. The predicted molar refractivity (Wildman–Crippen MR) is 461 cm³/mol. The molecule has 0 spiro atoms. The highest BCUT2D eigenvalue weighted by molar-refractivity contribution is 6.05. The molecule has 0 radical (unpaired) electrons. The lowest BCUT2D eigenvalue weighted by Crippen LogP contribution is -2.02. The van der Waals surface area contributed by atoms with Crippen molar-refractivity contribution in [3.63, 3.8) is 0 Å². The molecule has 21 aromatic rings. The Hall–Kier alpha value is -16.4. The van der Waals surface area contributed by atoms with Crippen molar-refractivity contribution in [2.24, 2.45) is 0 Å². The van der Waals surface area contributed by atoms with Gasteiger partial charge in [-0.25, -0.2) is 69.8 Å². The second kappa shape index (κ2) is 33.1. The minimum atomic E-state index is 0.509. The molecule has 0 bridgehead atoms. The monoisotopic (exact) mass is 1530 g/mol. The van der Waals surface area contributed by atoms with Crippen LogP contribution < -0.4 is 0 Å². The number of hydrogen-bond donors (Lipinski definition) is 0. The van der Waals surface area contributed by atoms with Gasteiger partial charge >= 0.3 is 0 Å². The minimum absolute atomic E-state index is 0.509. The molecule has 0 aliphatic rings. The summed E-state index contributed by atoms with van der Waals surface area (Å²) in [6, 6.07) is 87.7. The maximum atomic E-state index is 4.80. The lowest BCUT2D eigenvalue weighted by atomic mass is 10.1. The van der Waals surface area contributed by atoms with Gasteiger partial charge in [-0.15, -0.1) is 0 Å². The van der Waals surface area contributed by atoms with E-state index in [9.17, 15) is 0 Å². The summed E-state index contributed by atoms with van der Waals surface area (Å²) in [6.07, 6.45) is 17.7. The van der Waals surface area contributed by atoms with Gasteiger partial charge in [-0.1, -0.05) is 175 Å². The topological polar surface area (TPSA) is 284 Å². The molecule has 22 heteroatoms. The van der Waals surface area contributed by atoms with Gasteiger partial charge in [0, 0.05) is 144 Å². The number of fused-ring (bicyclic) bond motifs is 8. The van der Waals surface area contributed by atoms with Crippen LogP contribution in [0.1, 0.15) is 23.0 Å². The standard InChI is InChI=1S/C28H17N7.C24H17N7.C22H15N5.C22H17N3/c1-16-33-27(21-12-19-8-6-17-4-2-10-29-23(17)25(19)31-14-21)35-28(34-16)22-13-20-9-7-18-5-3-11-30-24(18)26(20)32-15-22;1-16-27-23(21-6-2-4-19(29-21)17-8-12-25-13-9-17)31-24(28-16)22-7-3-5-20(30-22)18-10-14-26-15-11-18;1-14-25-21(17-10-12-23-19-8-4-2-6-15(17)19)27-22(26-14)18-11-13-24-20-9-5-3-7-16(18)20;1-16-12-14-19(15-13-16)22-24-20(17-8-4-2-5-9-17)23-21(25-22)18-10-6-3-7-11-18/h2-15H,1H3;2-15H,1H3;2-13H,1H3;2-15H,1H3. The molecular weight excluding hydrogens is 1460 g/mol. The van der Waals surface area contributed by atoms with Crippen molar-refractivity contribution in [2.45, 2.75) is 27.7 Å². The summed E-state index contributed by atoms with van der Waals surface area (Å²) < 4.78 is 0. The highest BCUT2D eigenvalue weighted by Crippen LogP contribution is 2.34. The Morgan fingerprint density at radius 3 is 1.00 bits per heavy atom. The van der Waals surface area contributed by atoms with Crippen molar-refractivity contribution in [3.8, 4) is 125 Å². The average molecular weight is 1530 g/mol. The molecule has 0 aliphatic heterocycles. The van der Waals surface area contributed by atoms with Gasteiger partial charge in [-0.3, -0.25) is 39.9 Å². The van der Waals surface area contributed by atoms with E-state index in [1.807, 2.05) is 251 Å². The number of pyridine rings is 10. The third-order valence-electron chi connectivity index (χ3n) is 19.3. The summed E-state index contributed by atoms with van der Waals surface area (Å²) in [5.74, 6) is 7.43. The highest BCUT2D eigenvalue weighted by Gasteiger charge is 2.19. The van der Waals surface area contributed by atoms with Crippen molar-refractivity contribution < 1.29 is 0 Å². The summed E-state index contributed by atoms with van der Waals surface area (Å²) in [5, 5.41) is 6.14. The van der Waals surface area contributed by atoms with Gasteiger partial charge in [0.15, 0.2) is 52.4 Å². The molecule has 22 nitrogen and oxygen atoms in total. The molecule has 0 unspecified atom stereocenters. The van der Waals surface area contributed by atoms with E-state index in [4.69, 9.17) is 44.9 Å². The Balaban J connectivity index is 0.000000109. The zero-order valence-electron chi connectivity index (χ0n) is 64.0. The number of rotatable bonds is 11. The van der Waals surface area contributed by atoms with E-state index in [2.05, 4.69) is 108 Å². The van der Waals surface area contributed by atoms with Crippen LogP contribution in [0.4, 0.5) is 0 Å². The van der Waals surface area contributed by atoms with Gasteiger partial charge in [0.2, 0.25) is 0 Å². The van der Waals surface area contributed by atoms with E-state index in [0.717, 1.165) is 127 Å². The van der Waals surface area contributed by atoms with E-state index < -0.39 is 0 Å². The van der Waals surface area contributed by atoms with Crippen LogP contribution in [-0.2, 0) is 0 Å². The highest BCUT2D eigenvalue weighted by atomic mass is 15.1. The van der Waals surface area contributed by atoms with Crippen LogP contribution in [0.15, 0.2) is 329 Å². The SMILES string of the molecule is Cc1ccc(-c2nc(-c3ccccc3)nc(-c3ccccc3)n2)cc1.Cc1nc(-c2cccc(-c3ccncc3)n2)nc(-c2cccc(-c3ccncc3)n2)n1.Cc1nc(-c2ccnc3ccccc23)nc(-c2ccnc3ccccc23)n1.Cc1nc(-c2cnc3c(ccc4cccnc43)c2)nc(-c2cnc3c(ccc4cccnc43)c2)n1. The van der Waals surface area contributed by atoms with Crippen LogP contribution in [-0.4, -0.2) is 110 Å². The molecule has 0 aliphatic carbocycles. The molecule has 0 saturated heterocycles. The van der Waals surface area contributed by atoms with Crippen LogP contribution >= 0.6 is 0 Å². The second-order valence-corrected chi connectivity index (χ2v) is 27.4. The number of hydrogen-bond acceptors (Lipinski definition) is 22. The molecule has 0 amide bonds. The molecule has 14 heterocycles. The largest absolute Gasteiger partial charge is 0.265 e. The van der Waals surface area contributed by atoms with Gasteiger partial charge in [0.25, 0.3) is 0 Å². The Labute approximate surface area is 676 Å². The summed E-state index contributed by atoms with van der Waals surface area (Å²) >= 11 is 0. The normalized spacial score (nSPS) is 11.1. The third kappa shape index (κ3) is 16.1. The van der Waals surface area contributed by atoms with Gasteiger partial charge < -0.3 is 0 Å². The van der Waals surface area contributed by atoms with Crippen LogP contribution in [0.2, 0.25) is 0 Å². The van der Waals surface area contributed by atoms with Gasteiger partial charge in [0.05, 0.1) is 44.5 Å². The zero-order valence-corrected chi connectivity index (χ0v) is 64.0. The lowest BCUT2D eigenvalue weighted by molar-refractivity contribution is 0.976. The van der Waals surface area contributed by atoms with Gasteiger partial charge in [-0.05, 0) is 125 Å². The Kier molecular flexibility index (Phi) is 20.5. The summed E-state index contributed by atoms with van der Waals surface area (Å²) in [6.45, 7) is 7.67. The van der Waals surface area contributed by atoms with E-state index >= 15 is 0 Å². The van der Waals surface area contributed by atoms with Crippen molar-refractivity contribution in [2.75, 3.05) is 0 Å². The van der Waals surface area contributed by atoms with Crippen molar-refractivity contribution >= 4 is 65.4 Å². The number of benzene rings is 7. The molecule has 7 aromatic carbocycles. The van der Waals surface area contributed by atoms with E-state index in [1.165, 1.54) is 5.56 Å². The zero-order chi connectivity index (χ0) is 79.7. The van der Waals surface area contributed by atoms with Crippen molar-refractivity contribution in [1.82, 2.24) is 110 Å². The van der Waals surface area contributed by atoms with Crippen molar-refractivity contribution in [1.29, 1.82) is 0 Å². The molecule has 0 atom stereocenters. The first-order valence-electron chi connectivity index (χ1n) is 37.9. The Bertz CT molecular complexity index is 6850. The average Bonchev–Trinajstić information content (AvgIpc) is 0.785. The molecule has 118 heavy (non-hydrogen) atoms. The molecule has 0 saturated carbocycles. The summed E-state index contributed by atoms with van der Waals surface area (Å²) in [4.78, 5) is 101. The van der Waals surface area contributed by atoms with Gasteiger partial charge in [-0.2, -0.15) is 0 Å². The molecular formula is C96H66N22. The molecule has 0 fully saturated rings. The number of aryl methyl sites for hydroxylation is 4. The second-order valence-electron chi connectivity index (χ2n) is 27.4. The fraction of sp³-hybridized carbons (Fsp3) is 0.0417. The summed E-state index contributed by atoms with van der Waals surface area (Å²) in [5.41, 5.74) is 18.0.